The zero-order valence-corrected chi connectivity index (χ0v) is 10.1. The summed E-state index contributed by atoms with van der Waals surface area (Å²) in [7, 11) is 0. The average molecular weight is 237 g/mol. The Labute approximate surface area is 101 Å². The van der Waals surface area contributed by atoms with Crippen LogP contribution in [0.4, 0.5) is 0 Å². The second-order valence-electron chi connectivity index (χ2n) is 4.52. The molecule has 1 amide bonds. The molecule has 1 saturated heterocycles. The summed E-state index contributed by atoms with van der Waals surface area (Å²) in [5.41, 5.74) is 5.83. The first-order chi connectivity index (χ1) is 8.16. The van der Waals surface area contributed by atoms with Gasteiger partial charge >= 0.3 is 0 Å². The molecule has 5 heteroatoms. The summed E-state index contributed by atoms with van der Waals surface area (Å²) in [6.45, 7) is 4.05. The van der Waals surface area contributed by atoms with Gasteiger partial charge in [-0.15, -0.1) is 0 Å². The molecule has 2 rings (SSSR count). The highest BCUT2D eigenvalue weighted by atomic mass is 16.3. The molecule has 0 spiro atoms. The molecular weight excluding hydrogens is 218 g/mol. The van der Waals surface area contributed by atoms with E-state index < -0.39 is 0 Å². The molecule has 1 aromatic rings. The highest BCUT2D eigenvalue weighted by molar-refractivity contribution is 5.81. The van der Waals surface area contributed by atoms with Crippen LogP contribution >= 0.6 is 0 Å². The molecule has 17 heavy (non-hydrogen) atoms. The first kappa shape index (κ1) is 12.1. The molecule has 0 saturated carbocycles. The van der Waals surface area contributed by atoms with Gasteiger partial charge in [0.15, 0.2) is 0 Å². The van der Waals surface area contributed by atoms with Crippen LogP contribution in [0.5, 0.6) is 0 Å². The largest absolute Gasteiger partial charge is 0.467 e. The highest BCUT2D eigenvalue weighted by Crippen LogP contribution is 2.11. The molecule has 0 aliphatic carbocycles. The second kappa shape index (κ2) is 5.33. The molecule has 2 atom stereocenters. The standard InChI is InChI=1S/C12H19N3O2/c1-9(15-5-4-10(13)8-15)12(16)14-7-11-3-2-6-17-11/h2-3,6,9-10H,4-5,7-8,13H2,1H3,(H,14,16). The maximum absolute atomic E-state index is 11.9. The van der Waals surface area contributed by atoms with Gasteiger partial charge in [-0.3, -0.25) is 9.69 Å². The number of furan rings is 1. The van der Waals surface area contributed by atoms with Crippen LogP contribution in [0.1, 0.15) is 19.1 Å². The van der Waals surface area contributed by atoms with Crippen LogP contribution in [-0.4, -0.2) is 36.0 Å². The van der Waals surface area contributed by atoms with Crippen molar-refractivity contribution in [1.82, 2.24) is 10.2 Å². The van der Waals surface area contributed by atoms with Gasteiger partial charge in [-0.25, -0.2) is 0 Å². The smallest absolute Gasteiger partial charge is 0.237 e. The highest BCUT2D eigenvalue weighted by Gasteiger charge is 2.27. The normalized spacial score (nSPS) is 22.6. The predicted octanol–water partition coefficient (Wildman–Crippen LogP) is 0.317. The third kappa shape index (κ3) is 3.08. The number of carbonyl (C=O) groups excluding carboxylic acids is 1. The maximum atomic E-state index is 11.9. The van der Waals surface area contributed by atoms with Gasteiger partial charge in [0.2, 0.25) is 5.91 Å². The Kier molecular flexibility index (Phi) is 3.81. The fourth-order valence-corrected chi connectivity index (χ4v) is 2.07. The van der Waals surface area contributed by atoms with E-state index in [-0.39, 0.29) is 18.0 Å². The molecule has 2 heterocycles. The van der Waals surface area contributed by atoms with E-state index in [1.807, 2.05) is 19.1 Å². The lowest BCUT2D eigenvalue weighted by atomic mass is 10.2. The predicted molar refractivity (Wildman–Crippen MR) is 64.2 cm³/mol. The second-order valence-corrected chi connectivity index (χ2v) is 4.52. The fraction of sp³-hybridized carbons (Fsp3) is 0.583. The quantitative estimate of drug-likeness (QED) is 0.791. The fourth-order valence-electron chi connectivity index (χ4n) is 2.07. The van der Waals surface area contributed by atoms with Crippen molar-refractivity contribution in [2.75, 3.05) is 13.1 Å². The molecule has 1 aliphatic rings. The van der Waals surface area contributed by atoms with Crippen molar-refractivity contribution < 1.29 is 9.21 Å². The van der Waals surface area contributed by atoms with Crippen molar-refractivity contribution in [3.8, 4) is 0 Å². The summed E-state index contributed by atoms with van der Waals surface area (Å²) in [6, 6.07) is 3.73. The van der Waals surface area contributed by atoms with E-state index in [0.717, 1.165) is 25.3 Å². The molecule has 2 unspecified atom stereocenters. The first-order valence-corrected chi connectivity index (χ1v) is 5.96. The van der Waals surface area contributed by atoms with Crippen LogP contribution in [-0.2, 0) is 11.3 Å². The van der Waals surface area contributed by atoms with Gasteiger partial charge in [0, 0.05) is 19.1 Å². The summed E-state index contributed by atoms with van der Waals surface area (Å²) >= 11 is 0. The number of nitrogens with one attached hydrogen (secondary N) is 1. The third-order valence-corrected chi connectivity index (χ3v) is 3.20. The van der Waals surface area contributed by atoms with Gasteiger partial charge in [0.05, 0.1) is 18.8 Å². The van der Waals surface area contributed by atoms with Gasteiger partial charge in [-0.2, -0.15) is 0 Å². The van der Waals surface area contributed by atoms with Crippen LogP contribution in [0.3, 0.4) is 0 Å². The number of rotatable bonds is 4. The Morgan fingerprint density at radius 2 is 2.59 bits per heavy atom. The molecule has 94 valence electrons. The molecule has 3 N–H and O–H groups in total. The maximum Gasteiger partial charge on any atom is 0.237 e. The van der Waals surface area contributed by atoms with Gasteiger partial charge in [0.1, 0.15) is 5.76 Å². The Bertz CT molecular complexity index is 364. The summed E-state index contributed by atoms with van der Waals surface area (Å²) in [5, 5.41) is 2.86. The SMILES string of the molecule is CC(C(=O)NCc1ccco1)N1CCC(N)C1. The molecule has 0 radical (unpaired) electrons. The lowest BCUT2D eigenvalue weighted by molar-refractivity contribution is -0.125. The summed E-state index contributed by atoms with van der Waals surface area (Å²) < 4.78 is 5.16. The summed E-state index contributed by atoms with van der Waals surface area (Å²) in [4.78, 5) is 14.0. The van der Waals surface area contributed by atoms with Crippen molar-refractivity contribution in [1.29, 1.82) is 0 Å². The van der Waals surface area contributed by atoms with Gasteiger partial charge in [-0.05, 0) is 25.5 Å². The molecule has 5 nitrogen and oxygen atoms in total. The minimum atomic E-state index is -0.126. The number of hydrogen-bond acceptors (Lipinski definition) is 4. The zero-order valence-electron chi connectivity index (χ0n) is 10.1. The van der Waals surface area contributed by atoms with Crippen molar-refractivity contribution >= 4 is 5.91 Å². The van der Waals surface area contributed by atoms with Crippen molar-refractivity contribution in [3.63, 3.8) is 0 Å². The van der Waals surface area contributed by atoms with Crippen molar-refractivity contribution in [2.24, 2.45) is 5.73 Å². The number of likely N-dealkylation sites (tertiary alicyclic amines) is 1. The van der Waals surface area contributed by atoms with Crippen LogP contribution in [0.15, 0.2) is 22.8 Å². The van der Waals surface area contributed by atoms with E-state index in [4.69, 9.17) is 10.2 Å². The van der Waals surface area contributed by atoms with E-state index in [2.05, 4.69) is 10.2 Å². The number of amides is 1. The average Bonchev–Trinajstić information content (AvgIpc) is 2.95. The number of nitrogens with two attached hydrogens (primary N) is 1. The molecule has 0 bridgehead atoms. The van der Waals surface area contributed by atoms with E-state index in [1.54, 1.807) is 6.26 Å². The van der Waals surface area contributed by atoms with E-state index in [9.17, 15) is 4.79 Å². The lowest BCUT2D eigenvalue weighted by Crippen LogP contribution is -2.44. The van der Waals surface area contributed by atoms with Crippen molar-refractivity contribution in [2.45, 2.75) is 32.0 Å². The molecule has 1 aliphatic heterocycles. The van der Waals surface area contributed by atoms with Crippen LogP contribution in [0.25, 0.3) is 0 Å². The Hall–Kier alpha value is -1.33. The minimum Gasteiger partial charge on any atom is -0.467 e. The Morgan fingerprint density at radius 3 is 3.18 bits per heavy atom. The number of carbonyl (C=O) groups is 1. The third-order valence-electron chi connectivity index (χ3n) is 3.20. The number of nitrogens with zero attached hydrogens (tertiary/aromatic N) is 1. The van der Waals surface area contributed by atoms with Gasteiger partial charge in [0.25, 0.3) is 0 Å². The van der Waals surface area contributed by atoms with Crippen LogP contribution in [0, 0.1) is 0 Å². The molecular formula is C12H19N3O2. The van der Waals surface area contributed by atoms with Crippen LogP contribution in [0.2, 0.25) is 0 Å². The Balaban J connectivity index is 1.79. The Morgan fingerprint density at radius 1 is 1.76 bits per heavy atom. The summed E-state index contributed by atoms with van der Waals surface area (Å²) in [5.74, 6) is 0.791. The van der Waals surface area contributed by atoms with E-state index in [1.165, 1.54) is 0 Å². The van der Waals surface area contributed by atoms with Crippen LogP contribution < -0.4 is 11.1 Å². The minimum absolute atomic E-state index is 0.0236. The van der Waals surface area contributed by atoms with E-state index >= 15 is 0 Å². The van der Waals surface area contributed by atoms with Gasteiger partial charge < -0.3 is 15.5 Å². The topological polar surface area (TPSA) is 71.5 Å². The molecule has 1 fully saturated rings. The monoisotopic (exact) mass is 237 g/mol. The zero-order chi connectivity index (χ0) is 12.3. The van der Waals surface area contributed by atoms with Gasteiger partial charge in [-0.1, -0.05) is 0 Å². The van der Waals surface area contributed by atoms with E-state index in [0.29, 0.717) is 6.54 Å². The lowest BCUT2D eigenvalue weighted by Gasteiger charge is -2.22. The first-order valence-electron chi connectivity index (χ1n) is 5.96. The van der Waals surface area contributed by atoms with Crippen molar-refractivity contribution in [3.05, 3.63) is 24.2 Å². The molecule has 0 aromatic carbocycles. The number of hydrogen-bond donors (Lipinski definition) is 2. The molecule has 1 aromatic heterocycles. The summed E-state index contributed by atoms with van der Waals surface area (Å²) in [6.07, 6.45) is 2.57.